The van der Waals surface area contributed by atoms with Crippen molar-refractivity contribution in [2.75, 3.05) is 26.2 Å². The third-order valence-corrected chi connectivity index (χ3v) is 4.47. The van der Waals surface area contributed by atoms with Crippen LogP contribution in [0.5, 0.6) is 0 Å². The summed E-state index contributed by atoms with van der Waals surface area (Å²) in [4.78, 5) is 14.6. The standard InChI is InChI=1S/C17H31N5O/c1-13(2)21(14(3)4)11-9-19-17(23)16-7-10-22(20-16)15-6-5-8-18-12-15/h7,10,13-15,18H,5-6,8-9,11-12H2,1-4H3,(H,19,23). The molecule has 6 heteroatoms. The van der Waals surface area contributed by atoms with Crippen LogP contribution < -0.4 is 10.6 Å². The number of hydrogen-bond donors (Lipinski definition) is 2. The van der Waals surface area contributed by atoms with Crippen LogP contribution in [-0.2, 0) is 0 Å². The fourth-order valence-corrected chi connectivity index (χ4v) is 3.22. The van der Waals surface area contributed by atoms with Crippen LogP contribution in [0, 0.1) is 0 Å². The maximum absolute atomic E-state index is 12.2. The average Bonchev–Trinajstić information content (AvgIpc) is 3.01. The second-order valence-corrected chi connectivity index (χ2v) is 6.86. The van der Waals surface area contributed by atoms with Gasteiger partial charge in [-0.3, -0.25) is 14.4 Å². The molecule has 0 spiro atoms. The normalized spacial score (nSPS) is 18.8. The van der Waals surface area contributed by atoms with E-state index in [0.29, 0.717) is 30.4 Å². The van der Waals surface area contributed by atoms with Crippen molar-refractivity contribution in [3.63, 3.8) is 0 Å². The molecular formula is C17H31N5O. The number of rotatable bonds is 7. The summed E-state index contributed by atoms with van der Waals surface area (Å²) < 4.78 is 1.93. The zero-order valence-electron chi connectivity index (χ0n) is 14.9. The van der Waals surface area contributed by atoms with E-state index in [1.54, 1.807) is 0 Å². The Balaban J connectivity index is 1.83. The Labute approximate surface area is 139 Å². The summed E-state index contributed by atoms with van der Waals surface area (Å²) in [6.07, 6.45) is 4.20. The van der Waals surface area contributed by atoms with E-state index in [9.17, 15) is 4.79 Å². The van der Waals surface area contributed by atoms with Gasteiger partial charge < -0.3 is 10.6 Å². The fraction of sp³-hybridized carbons (Fsp3) is 0.765. The maximum atomic E-state index is 12.2. The lowest BCUT2D eigenvalue weighted by Gasteiger charge is -2.30. The van der Waals surface area contributed by atoms with E-state index in [0.717, 1.165) is 32.5 Å². The van der Waals surface area contributed by atoms with Crippen LogP contribution in [-0.4, -0.2) is 58.9 Å². The minimum Gasteiger partial charge on any atom is -0.349 e. The van der Waals surface area contributed by atoms with Crippen molar-refractivity contribution < 1.29 is 4.79 Å². The van der Waals surface area contributed by atoms with Gasteiger partial charge >= 0.3 is 0 Å². The Kier molecular flexibility index (Phi) is 6.59. The number of aromatic nitrogens is 2. The van der Waals surface area contributed by atoms with Crippen molar-refractivity contribution in [1.29, 1.82) is 0 Å². The van der Waals surface area contributed by atoms with Crippen LogP contribution in [0.4, 0.5) is 0 Å². The van der Waals surface area contributed by atoms with E-state index >= 15 is 0 Å². The smallest absolute Gasteiger partial charge is 0.271 e. The van der Waals surface area contributed by atoms with E-state index in [4.69, 9.17) is 0 Å². The van der Waals surface area contributed by atoms with E-state index in [2.05, 4.69) is 48.3 Å². The number of carbonyl (C=O) groups excluding carboxylic acids is 1. The van der Waals surface area contributed by atoms with E-state index in [-0.39, 0.29) is 5.91 Å². The number of piperidine rings is 1. The van der Waals surface area contributed by atoms with Gasteiger partial charge in [0.15, 0.2) is 0 Å². The van der Waals surface area contributed by atoms with Crippen LogP contribution in [0.2, 0.25) is 0 Å². The first kappa shape index (κ1) is 17.9. The van der Waals surface area contributed by atoms with Gasteiger partial charge in [-0.15, -0.1) is 0 Å². The van der Waals surface area contributed by atoms with E-state index in [1.807, 2.05) is 16.9 Å². The number of nitrogens with zero attached hydrogens (tertiary/aromatic N) is 3. The highest BCUT2D eigenvalue weighted by molar-refractivity contribution is 5.92. The molecule has 23 heavy (non-hydrogen) atoms. The van der Waals surface area contributed by atoms with Gasteiger partial charge in [0.25, 0.3) is 5.91 Å². The molecule has 6 nitrogen and oxygen atoms in total. The zero-order chi connectivity index (χ0) is 16.8. The molecule has 1 saturated heterocycles. The third kappa shape index (κ3) is 5.04. The quantitative estimate of drug-likeness (QED) is 0.802. The number of amides is 1. The highest BCUT2D eigenvalue weighted by Gasteiger charge is 2.18. The Morgan fingerprint density at radius 2 is 2.17 bits per heavy atom. The monoisotopic (exact) mass is 321 g/mol. The molecule has 1 amide bonds. The molecule has 2 rings (SSSR count). The third-order valence-electron chi connectivity index (χ3n) is 4.47. The topological polar surface area (TPSA) is 62.2 Å². The highest BCUT2D eigenvalue weighted by Crippen LogP contribution is 2.15. The Morgan fingerprint density at radius 3 is 2.78 bits per heavy atom. The predicted molar refractivity (Wildman–Crippen MR) is 92.7 cm³/mol. The predicted octanol–water partition coefficient (Wildman–Crippen LogP) is 1.66. The summed E-state index contributed by atoms with van der Waals surface area (Å²) in [6, 6.07) is 3.13. The van der Waals surface area contributed by atoms with Crippen molar-refractivity contribution in [3.8, 4) is 0 Å². The second-order valence-electron chi connectivity index (χ2n) is 6.86. The van der Waals surface area contributed by atoms with Gasteiger partial charge in [-0.25, -0.2) is 0 Å². The van der Waals surface area contributed by atoms with Crippen LogP contribution in [0.3, 0.4) is 0 Å². The summed E-state index contributed by atoms with van der Waals surface area (Å²) >= 11 is 0. The van der Waals surface area contributed by atoms with Gasteiger partial charge in [0.05, 0.1) is 6.04 Å². The average molecular weight is 321 g/mol. The molecule has 130 valence electrons. The SMILES string of the molecule is CC(C)N(CCNC(=O)c1ccn(C2CCCNC2)n1)C(C)C. The van der Waals surface area contributed by atoms with E-state index < -0.39 is 0 Å². The minimum atomic E-state index is -0.0834. The molecule has 1 aliphatic heterocycles. The van der Waals surface area contributed by atoms with Gasteiger partial charge in [0.2, 0.25) is 0 Å². The van der Waals surface area contributed by atoms with Gasteiger partial charge in [-0.2, -0.15) is 5.10 Å². The zero-order valence-corrected chi connectivity index (χ0v) is 14.9. The van der Waals surface area contributed by atoms with Crippen LogP contribution in [0.15, 0.2) is 12.3 Å². The first-order valence-corrected chi connectivity index (χ1v) is 8.79. The summed E-state index contributed by atoms with van der Waals surface area (Å²) in [5.74, 6) is -0.0834. The minimum absolute atomic E-state index is 0.0834. The van der Waals surface area contributed by atoms with Crippen molar-refractivity contribution in [1.82, 2.24) is 25.3 Å². The molecular weight excluding hydrogens is 290 g/mol. The van der Waals surface area contributed by atoms with Crippen LogP contribution in [0.1, 0.15) is 57.1 Å². The van der Waals surface area contributed by atoms with E-state index in [1.165, 1.54) is 0 Å². The maximum Gasteiger partial charge on any atom is 0.271 e. The molecule has 1 atom stereocenters. The molecule has 0 aliphatic carbocycles. The number of nitrogens with one attached hydrogen (secondary N) is 2. The Bertz CT molecular complexity index is 483. The van der Waals surface area contributed by atoms with Crippen molar-refractivity contribution in [2.24, 2.45) is 0 Å². The lowest BCUT2D eigenvalue weighted by Crippen LogP contribution is -2.42. The molecule has 1 unspecified atom stereocenters. The number of carbonyl (C=O) groups is 1. The van der Waals surface area contributed by atoms with Gasteiger partial charge in [0, 0.05) is 37.9 Å². The molecule has 0 saturated carbocycles. The van der Waals surface area contributed by atoms with Crippen LogP contribution >= 0.6 is 0 Å². The molecule has 1 aromatic rings. The molecule has 0 aromatic carbocycles. The van der Waals surface area contributed by atoms with Crippen LogP contribution in [0.25, 0.3) is 0 Å². The largest absolute Gasteiger partial charge is 0.349 e. The Hall–Kier alpha value is -1.40. The van der Waals surface area contributed by atoms with Crippen molar-refractivity contribution in [2.45, 2.75) is 58.7 Å². The summed E-state index contributed by atoms with van der Waals surface area (Å²) in [7, 11) is 0. The van der Waals surface area contributed by atoms with Crippen molar-refractivity contribution in [3.05, 3.63) is 18.0 Å². The first-order chi connectivity index (χ1) is 11.0. The molecule has 2 N–H and O–H groups in total. The highest BCUT2D eigenvalue weighted by atomic mass is 16.1. The Morgan fingerprint density at radius 1 is 1.43 bits per heavy atom. The van der Waals surface area contributed by atoms with Gasteiger partial charge in [-0.05, 0) is 53.1 Å². The molecule has 0 radical (unpaired) electrons. The summed E-state index contributed by atoms with van der Waals surface area (Å²) in [5.41, 5.74) is 0.510. The summed E-state index contributed by atoms with van der Waals surface area (Å²) in [5, 5.41) is 10.8. The molecule has 1 aliphatic rings. The molecule has 1 fully saturated rings. The lowest BCUT2D eigenvalue weighted by atomic mass is 10.1. The van der Waals surface area contributed by atoms with Gasteiger partial charge in [-0.1, -0.05) is 0 Å². The lowest BCUT2D eigenvalue weighted by molar-refractivity contribution is 0.0933. The molecule has 1 aromatic heterocycles. The summed E-state index contributed by atoms with van der Waals surface area (Å²) in [6.45, 7) is 12.2. The van der Waals surface area contributed by atoms with Crippen molar-refractivity contribution >= 4 is 5.91 Å². The molecule has 0 bridgehead atoms. The second kappa shape index (κ2) is 8.45. The fourth-order valence-electron chi connectivity index (χ4n) is 3.22. The first-order valence-electron chi connectivity index (χ1n) is 8.79. The number of hydrogen-bond acceptors (Lipinski definition) is 4. The van der Waals surface area contributed by atoms with Gasteiger partial charge in [0.1, 0.15) is 5.69 Å². The molecule has 2 heterocycles.